The number of hydrogen-bond acceptors (Lipinski definition) is 2. The molecule has 0 amide bonds. The van der Waals surface area contributed by atoms with Crippen molar-refractivity contribution in [3.8, 4) is 0 Å². The van der Waals surface area contributed by atoms with Crippen molar-refractivity contribution in [3.05, 3.63) is 23.3 Å². The Kier molecular flexibility index (Phi) is 2.24. The smallest absolute Gasteiger partial charge is 0.0974 e. The first kappa shape index (κ1) is 9.34. The summed E-state index contributed by atoms with van der Waals surface area (Å²) in [5.74, 6) is 0. The van der Waals surface area contributed by atoms with E-state index in [4.69, 9.17) is 4.99 Å². The fourth-order valence-corrected chi connectivity index (χ4v) is 2.83. The van der Waals surface area contributed by atoms with Crippen LogP contribution in [0.4, 0.5) is 0 Å². The highest BCUT2D eigenvalue weighted by Crippen LogP contribution is 2.33. The highest BCUT2D eigenvalue weighted by atomic mass is 16.3. The molecule has 0 saturated heterocycles. The van der Waals surface area contributed by atoms with E-state index in [1.54, 1.807) is 0 Å². The maximum atomic E-state index is 9.93. The molecule has 2 aliphatic carbocycles. The average Bonchev–Trinajstić information content (AvgIpc) is 2.27. The van der Waals surface area contributed by atoms with Crippen LogP contribution in [0.1, 0.15) is 38.5 Å². The number of rotatable bonds is 0. The SMILES string of the molecule is OC1CCCC2=CC3=CCCCC3=NC21. The monoisotopic (exact) mass is 203 g/mol. The maximum absolute atomic E-state index is 9.93. The van der Waals surface area contributed by atoms with Gasteiger partial charge in [0.2, 0.25) is 0 Å². The van der Waals surface area contributed by atoms with Crippen LogP contribution in [0.5, 0.6) is 0 Å². The van der Waals surface area contributed by atoms with E-state index in [1.807, 2.05) is 0 Å². The second-order valence-corrected chi connectivity index (χ2v) is 4.75. The predicted octanol–water partition coefficient (Wildman–Crippen LogP) is 2.39. The molecule has 1 aliphatic heterocycles. The fraction of sp³-hybridized carbons (Fsp3) is 0.615. The zero-order chi connectivity index (χ0) is 10.3. The molecule has 3 aliphatic rings. The summed E-state index contributed by atoms with van der Waals surface area (Å²) in [6.45, 7) is 0. The molecule has 0 radical (unpaired) electrons. The molecule has 0 aromatic carbocycles. The first-order valence-corrected chi connectivity index (χ1v) is 6.00. The van der Waals surface area contributed by atoms with Crippen molar-refractivity contribution >= 4 is 5.71 Å². The van der Waals surface area contributed by atoms with Crippen molar-refractivity contribution in [3.63, 3.8) is 0 Å². The first-order valence-electron chi connectivity index (χ1n) is 6.00. The van der Waals surface area contributed by atoms with Crippen LogP contribution in [0.3, 0.4) is 0 Å². The van der Waals surface area contributed by atoms with Gasteiger partial charge in [-0.2, -0.15) is 0 Å². The largest absolute Gasteiger partial charge is 0.391 e. The maximum Gasteiger partial charge on any atom is 0.0974 e. The van der Waals surface area contributed by atoms with E-state index >= 15 is 0 Å². The summed E-state index contributed by atoms with van der Waals surface area (Å²) in [5, 5.41) is 9.93. The Labute approximate surface area is 90.4 Å². The Morgan fingerprint density at radius 3 is 3.13 bits per heavy atom. The zero-order valence-corrected chi connectivity index (χ0v) is 8.95. The number of aliphatic hydroxyl groups excluding tert-OH is 1. The third kappa shape index (κ3) is 1.57. The van der Waals surface area contributed by atoms with Gasteiger partial charge in [0.15, 0.2) is 0 Å². The van der Waals surface area contributed by atoms with Crippen LogP contribution < -0.4 is 0 Å². The molecule has 2 heteroatoms. The highest BCUT2D eigenvalue weighted by Gasteiger charge is 2.30. The van der Waals surface area contributed by atoms with Gasteiger partial charge in [-0.15, -0.1) is 0 Å². The van der Waals surface area contributed by atoms with E-state index in [0.29, 0.717) is 0 Å². The van der Waals surface area contributed by atoms with Crippen molar-refractivity contribution in [1.29, 1.82) is 0 Å². The minimum atomic E-state index is -0.235. The predicted molar refractivity (Wildman–Crippen MR) is 61.1 cm³/mol. The average molecular weight is 203 g/mol. The van der Waals surface area contributed by atoms with Gasteiger partial charge >= 0.3 is 0 Å². The molecular formula is C13H17NO. The van der Waals surface area contributed by atoms with Crippen molar-refractivity contribution in [2.24, 2.45) is 4.99 Å². The van der Waals surface area contributed by atoms with Crippen molar-refractivity contribution in [2.75, 3.05) is 0 Å². The molecule has 15 heavy (non-hydrogen) atoms. The van der Waals surface area contributed by atoms with E-state index in [0.717, 1.165) is 25.7 Å². The molecule has 1 fully saturated rings. The number of aliphatic hydroxyl groups is 1. The van der Waals surface area contributed by atoms with Crippen LogP contribution in [-0.4, -0.2) is 23.0 Å². The number of dihydropyridines is 1. The number of nitrogens with zero attached hydrogens (tertiary/aromatic N) is 1. The van der Waals surface area contributed by atoms with E-state index in [1.165, 1.54) is 29.7 Å². The molecule has 3 rings (SSSR count). The lowest BCUT2D eigenvalue weighted by Gasteiger charge is -2.32. The van der Waals surface area contributed by atoms with Crippen LogP contribution >= 0.6 is 0 Å². The summed E-state index contributed by atoms with van der Waals surface area (Å²) in [5.41, 5.74) is 3.92. The highest BCUT2D eigenvalue weighted by molar-refractivity contribution is 6.04. The van der Waals surface area contributed by atoms with Gasteiger partial charge in [-0.3, -0.25) is 4.99 Å². The van der Waals surface area contributed by atoms with E-state index in [-0.39, 0.29) is 12.1 Å². The quantitative estimate of drug-likeness (QED) is 0.644. The molecular weight excluding hydrogens is 186 g/mol. The Morgan fingerprint density at radius 2 is 2.20 bits per heavy atom. The molecule has 80 valence electrons. The van der Waals surface area contributed by atoms with E-state index in [9.17, 15) is 5.11 Å². The minimum absolute atomic E-state index is 0.0870. The second kappa shape index (κ2) is 3.60. The fourth-order valence-electron chi connectivity index (χ4n) is 2.83. The van der Waals surface area contributed by atoms with Crippen LogP contribution in [-0.2, 0) is 0 Å². The van der Waals surface area contributed by atoms with Gasteiger partial charge < -0.3 is 5.11 Å². The molecule has 2 nitrogen and oxygen atoms in total. The summed E-state index contributed by atoms with van der Waals surface area (Å²) < 4.78 is 0. The topological polar surface area (TPSA) is 32.6 Å². The molecule has 0 spiro atoms. The Bertz CT molecular complexity index is 365. The van der Waals surface area contributed by atoms with Gasteiger partial charge in [-0.05, 0) is 49.7 Å². The third-order valence-corrected chi connectivity index (χ3v) is 3.66. The standard InChI is InChI=1S/C13H17NO/c15-12-7-3-5-10-8-9-4-1-2-6-11(9)14-13(10)12/h4,8,12-13,15H,1-3,5-7H2. The number of hydrogen-bond donors (Lipinski definition) is 1. The van der Waals surface area contributed by atoms with Crippen LogP contribution in [0.15, 0.2) is 28.3 Å². The van der Waals surface area contributed by atoms with Crippen LogP contribution in [0.25, 0.3) is 0 Å². The van der Waals surface area contributed by atoms with Crippen molar-refractivity contribution in [1.82, 2.24) is 0 Å². The number of allylic oxidation sites excluding steroid dienone is 3. The van der Waals surface area contributed by atoms with Crippen LogP contribution in [0.2, 0.25) is 0 Å². The summed E-state index contributed by atoms with van der Waals surface area (Å²) in [6.07, 6.45) is 11.0. The minimum Gasteiger partial charge on any atom is -0.391 e. The van der Waals surface area contributed by atoms with Gasteiger partial charge in [0.05, 0.1) is 12.1 Å². The number of fused-ring (bicyclic) bond motifs is 2. The zero-order valence-electron chi connectivity index (χ0n) is 8.95. The molecule has 0 aromatic heterocycles. The summed E-state index contributed by atoms with van der Waals surface area (Å²) in [7, 11) is 0. The lowest BCUT2D eigenvalue weighted by molar-refractivity contribution is 0.131. The van der Waals surface area contributed by atoms with Gasteiger partial charge in [-0.25, -0.2) is 0 Å². The molecule has 2 atom stereocenters. The summed E-state index contributed by atoms with van der Waals surface area (Å²) >= 11 is 0. The van der Waals surface area contributed by atoms with Gasteiger partial charge in [-0.1, -0.05) is 12.2 Å². The Balaban J connectivity index is 1.97. The Morgan fingerprint density at radius 1 is 1.27 bits per heavy atom. The normalized spacial score (nSPS) is 34.6. The lowest BCUT2D eigenvalue weighted by Crippen LogP contribution is -2.34. The van der Waals surface area contributed by atoms with Crippen molar-refractivity contribution < 1.29 is 5.11 Å². The second-order valence-electron chi connectivity index (χ2n) is 4.75. The molecule has 2 unspecified atom stereocenters. The van der Waals surface area contributed by atoms with Gasteiger partial charge in [0.25, 0.3) is 0 Å². The summed E-state index contributed by atoms with van der Waals surface area (Å²) in [6, 6.07) is 0.0870. The molecule has 1 saturated carbocycles. The summed E-state index contributed by atoms with van der Waals surface area (Å²) in [4.78, 5) is 4.74. The molecule has 0 aromatic rings. The first-order chi connectivity index (χ1) is 7.34. The number of aliphatic imine (C=N–C) groups is 1. The third-order valence-electron chi connectivity index (χ3n) is 3.66. The van der Waals surface area contributed by atoms with Crippen LogP contribution in [0, 0.1) is 0 Å². The molecule has 1 heterocycles. The van der Waals surface area contributed by atoms with Gasteiger partial charge in [0, 0.05) is 5.71 Å². The van der Waals surface area contributed by atoms with Crippen molar-refractivity contribution in [2.45, 2.75) is 50.7 Å². The van der Waals surface area contributed by atoms with Gasteiger partial charge in [0.1, 0.15) is 0 Å². The lowest BCUT2D eigenvalue weighted by atomic mass is 9.82. The van der Waals surface area contributed by atoms with E-state index < -0.39 is 0 Å². The Hall–Kier alpha value is -0.890. The van der Waals surface area contributed by atoms with E-state index in [2.05, 4.69) is 12.2 Å². The molecule has 1 N–H and O–H groups in total. The molecule has 0 bridgehead atoms.